The van der Waals surface area contributed by atoms with Crippen molar-refractivity contribution >= 4 is 28.5 Å². The molecule has 0 saturated carbocycles. The Morgan fingerprint density at radius 2 is 1.76 bits per heavy atom. The van der Waals surface area contributed by atoms with Gasteiger partial charge in [0.1, 0.15) is 5.75 Å². The van der Waals surface area contributed by atoms with Crippen molar-refractivity contribution in [2.45, 2.75) is 17.8 Å². The molecule has 7 heteroatoms. The van der Waals surface area contributed by atoms with Gasteiger partial charge in [0, 0.05) is 23.6 Å². The van der Waals surface area contributed by atoms with Crippen LogP contribution in [0.15, 0.2) is 78.0 Å². The van der Waals surface area contributed by atoms with Crippen LogP contribution >= 0.6 is 11.8 Å². The van der Waals surface area contributed by atoms with Crippen molar-refractivity contribution in [3.05, 3.63) is 88.5 Å². The Hall–Kier alpha value is -3.32. The van der Waals surface area contributed by atoms with Crippen LogP contribution in [0.1, 0.15) is 12.5 Å². The fourth-order valence-electron chi connectivity index (χ4n) is 3.07. The second kappa shape index (κ2) is 8.36. The lowest BCUT2D eigenvalue weighted by atomic mass is 10.2. The number of nitrogens with zero attached hydrogens (tertiary/aromatic N) is 3. The van der Waals surface area contributed by atoms with Crippen molar-refractivity contribution in [1.29, 1.82) is 0 Å². The zero-order valence-electron chi connectivity index (χ0n) is 15.8. The fraction of sp³-hybridized carbons (Fsp3) is 0.136. The van der Waals surface area contributed by atoms with E-state index >= 15 is 0 Å². The molecular weight excluding hydrogens is 386 g/mol. The van der Waals surface area contributed by atoms with Crippen molar-refractivity contribution < 1.29 is 9.66 Å². The zero-order valence-corrected chi connectivity index (χ0v) is 16.6. The summed E-state index contributed by atoms with van der Waals surface area (Å²) in [6.45, 7) is 2.59. The van der Waals surface area contributed by atoms with E-state index in [0.29, 0.717) is 12.4 Å². The number of rotatable bonds is 7. The maximum Gasteiger partial charge on any atom is 0.269 e. The van der Waals surface area contributed by atoms with Gasteiger partial charge in [-0.15, -0.1) is 0 Å². The molecular formula is C22H19N3O3S. The quantitative estimate of drug-likeness (QED) is 0.227. The normalized spacial score (nSPS) is 10.9. The summed E-state index contributed by atoms with van der Waals surface area (Å²) in [6, 6.07) is 22.6. The fourth-order valence-corrected chi connectivity index (χ4v) is 4.05. The summed E-state index contributed by atoms with van der Waals surface area (Å²) in [5, 5.41) is 11.7. The number of hydrogen-bond acceptors (Lipinski definition) is 5. The molecule has 0 bridgehead atoms. The lowest BCUT2D eigenvalue weighted by Gasteiger charge is -2.10. The highest BCUT2D eigenvalue weighted by atomic mass is 32.2. The molecule has 4 aromatic rings. The van der Waals surface area contributed by atoms with Crippen LogP contribution in [0.5, 0.6) is 5.75 Å². The van der Waals surface area contributed by atoms with Gasteiger partial charge in [0.05, 0.1) is 22.6 Å². The van der Waals surface area contributed by atoms with E-state index in [2.05, 4.69) is 10.6 Å². The number of aromatic nitrogens is 2. The molecule has 0 aliphatic carbocycles. The monoisotopic (exact) mass is 405 g/mol. The number of ether oxygens (including phenoxy) is 1. The van der Waals surface area contributed by atoms with Gasteiger partial charge in [-0.25, -0.2) is 4.98 Å². The van der Waals surface area contributed by atoms with E-state index in [4.69, 9.17) is 9.72 Å². The van der Waals surface area contributed by atoms with Gasteiger partial charge in [-0.05, 0) is 48.9 Å². The first-order valence-electron chi connectivity index (χ1n) is 9.22. The molecule has 0 aliphatic rings. The third-order valence-electron chi connectivity index (χ3n) is 4.45. The van der Waals surface area contributed by atoms with E-state index in [9.17, 15) is 10.1 Å². The average Bonchev–Trinajstić information content (AvgIpc) is 3.12. The topological polar surface area (TPSA) is 70.2 Å². The number of para-hydroxylation sites is 2. The van der Waals surface area contributed by atoms with Gasteiger partial charge >= 0.3 is 0 Å². The van der Waals surface area contributed by atoms with E-state index in [1.54, 1.807) is 23.9 Å². The van der Waals surface area contributed by atoms with Gasteiger partial charge in [-0.2, -0.15) is 0 Å². The van der Waals surface area contributed by atoms with Gasteiger partial charge in [-0.1, -0.05) is 36.0 Å². The average molecular weight is 405 g/mol. The molecule has 0 saturated heterocycles. The number of hydrogen-bond donors (Lipinski definition) is 0. The first kappa shape index (κ1) is 19.0. The van der Waals surface area contributed by atoms with Crippen molar-refractivity contribution in [2.24, 2.45) is 0 Å². The first-order valence-corrected chi connectivity index (χ1v) is 10.2. The summed E-state index contributed by atoms with van der Waals surface area (Å²) in [6.07, 6.45) is 0. The molecule has 1 heterocycles. The number of benzene rings is 3. The smallest absolute Gasteiger partial charge is 0.269 e. The molecule has 0 fully saturated rings. The Balaban J connectivity index is 1.65. The Labute approximate surface area is 172 Å². The number of imidazole rings is 1. The van der Waals surface area contributed by atoms with Crippen molar-refractivity contribution in [3.63, 3.8) is 0 Å². The SMILES string of the molecule is CCOc1ccc(-n2c(SCc3ccc([N+](=O)[O-])cc3)nc3ccccc32)cc1. The van der Waals surface area contributed by atoms with Crippen molar-refractivity contribution in [3.8, 4) is 11.4 Å². The molecule has 0 unspecified atom stereocenters. The molecule has 3 aromatic carbocycles. The first-order chi connectivity index (χ1) is 14.2. The Morgan fingerprint density at radius 3 is 2.45 bits per heavy atom. The Morgan fingerprint density at radius 1 is 1.03 bits per heavy atom. The summed E-state index contributed by atoms with van der Waals surface area (Å²) in [5.74, 6) is 1.50. The molecule has 0 N–H and O–H groups in total. The summed E-state index contributed by atoms with van der Waals surface area (Å²) in [7, 11) is 0. The van der Waals surface area contributed by atoms with Crippen LogP contribution in [0, 0.1) is 10.1 Å². The number of fused-ring (bicyclic) bond motifs is 1. The highest BCUT2D eigenvalue weighted by Crippen LogP contribution is 2.31. The lowest BCUT2D eigenvalue weighted by Crippen LogP contribution is -1.98. The van der Waals surface area contributed by atoms with Crippen molar-refractivity contribution in [2.75, 3.05) is 6.61 Å². The van der Waals surface area contributed by atoms with Gasteiger partial charge in [0.15, 0.2) is 5.16 Å². The minimum absolute atomic E-state index is 0.0976. The molecule has 0 amide bonds. The minimum atomic E-state index is -0.387. The third-order valence-corrected chi connectivity index (χ3v) is 5.46. The van der Waals surface area contributed by atoms with Gasteiger partial charge in [0.2, 0.25) is 0 Å². The van der Waals surface area contributed by atoms with Crippen LogP contribution in [-0.4, -0.2) is 21.1 Å². The summed E-state index contributed by atoms with van der Waals surface area (Å²) in [4.78, 5) is 15.2. The second-order valence-electron chi connectivity index (χ2n) is 6.36. The minimum Gasteiger partial charge on any atom is -0.494 e. The summed E-state index contributed by atoms with van der Waals surface area (Å²) >= 11 is 1.60. The molecule has 29 heavy (non-hydrogen) atoms. The molecule has 0 spiro atoms. The number of nitro groups is 1. The van der Waals surface area contributed by atoms with Crippen LogP contribution in [-0.2, 0) is 5.75 Å². The molecule has 0 atom stereocenters. The predicted octanol–water partition coefficient (Wildman–Crippen LogP) is 5.62. The third kappa shape index (κ3) is 4.09. The van der Waals surface area contributed by atoms with Gasteiger partial charge in [0.25, 0.3) is 5.69 Å². The van der Waals surface area contributed by atoms with E-state index in [1.165, 1.54) is 12.1 Å². The molecule has 0 aliphatic heterocycles. The standard InChI is InChI=1S/C22H19N3O3S/c1-2-28-19-13-11-17(12-14-19)24-21-6-4-3-5-20(21)23-22(24)29-15-16-7-9-18(10-8-16)25(26)27/h3-14H,2,15H2,1H3. The predicted molar refractivity (Wildman–Crippen MR) is 115 cm³/mol. The second-order valence-corrected chi connectivity index (χ2v) is 7.30. The van der Waals surface area contributed by atoms with Crippen molar-refractivity contribution in [1.82, 2.24) is 9.55 Å². The van der Waals surface area contributed by atoms with Crippen LogP contribution < -0.4 is 4.74 Å². The molecule has 6 nitrogen and oxygen atoms in total. The molecule has 4 rings (SSSR count). The van der Waals surface area contributed by atoms with Gasteiger partial charge in [-0.3, -0.25) is 14.7 Å². The number of non-ortho nitro benzene ring substituents is 1. The van der Waals surface area contributed by atoms with Crippen LogP contribution in [0.3, 0.4) is 0 Å². The Kier molecular flexibility index (Phi) is 5.48. The highest BCUT2D eigenvalue weighted by molar-refractivity contribution is 7.98. The zero-order chi connectivity index (χ0) is 20.2. The molecule has 1 aromatic heterocycles. The summed E-state index contributed by atoms with van der Waals surface area (Å²) < 4.78 is 7.68. The van der Waals surface area contributed by atoms with E-state index in [-0.39, 0.29) is 10.6 Å². The van der Waals surface area contributed by atoms with E-state index < -0.39 is 0 Å². The molecule has 146 valence electrons. The van der Waals surface area contributed by atoms with Crippen LogP contribution in [0.2, 0.25) is 0 Å². The maximum absolute atomic E-state index is 10.8. The highest BCUT2D eigenvalue weighted by Gasteiger charge is 2.13. The number of thioether (sulfide) groups is 1. The van der Waals surface area contributed by atoms with Gasteiger partial charge < -0.3 is 4.74 Å². The van der Waals surface area contributed by atoms with E-state index in [1.807, 2.05) is 49.4 Å². The van der Waals surface area contributed by atoms with E-state index in [0.717, 1.165) is 33.2 Å². The molecule has 0 radical (unpaired) electrons. The Bertz CT molecular complexity index is 1140. The summed E-state index contributed by atoms with van der Waals surface area (Å²) in [5.41, 5.74) is 4.06. The lowest BCUT2D eigenvalue weighted by molar-refractivity contribution is -0.384. The van der Waals surface area contributed by atoms with Crippen LogP contribution in [0.4, 0.5) is 5.69 Å². The number of nitro benzene ring substituents is 1. The largest absolute Gasteiger partial charge is 0.494 e. The maximum atomic E-state index is 10.8. The van der Waals surface area contributed by atoms with Crippen LogP contribution in [0.25, 0.3) is 16.7 Å².